The van der Waals surface area contributed by atoms with Gasteiger partial charge in [-0.15, -0.1) is 0 Å². The Morgan fingerprint density at radius 2 is 2.53 bits per heavy atom. The highest BCUT2D eigenvalue weighted by Gasteiger charge is 2.17. The molecular weight excluding hydrogens is 238 g/mol. The number of rotatable bonds is 3. The monoisotopic (exact) mass is 253 g/mol. The molecule has 0 aliphatic carbocycles. The van der Waals surface area contributed by atoms with E-state index >= 15 is 0 Å². The number of nitrogens with one attached hydrogen (secondary N) is 1. The second kappa shape index (κ2) is 5.27. The van der Waals surface area contributed by atoms with Crippen LogP contribution < -0.4 is 11.1 Å². The molecule has 0 radical (unpaired) electrons. The van der Waals surface area contributed by atoms with Crippen LogP contribution in [0.25, 0.3) is 0 Å². The summed E-state index contributed by atoms with van der Waals surface area (Å²) in [6.07, 6.45) is 2.60. The summed E-state index contributed by atoms with van der Waals surface area (Å²) >= 11 is 1.91. The Morgan fingerprint density at radius 3 is 3.18 bits per heavy atom. The number of nitrogens with zero attached hydrogens (tertiary/aromatic N) is 1. The first-order valence-corrected chi connectivity index (χ1v) is 6.54. The number of methoxy groups -OCH3 is 1. The molecule has 1 fully saturated rings. The average molecular weight is 253 g/mol. The zero-order valence-corrected chi connectivity index (χ0v) is 10.4. The Labute approximate surface area is 104 Å². The number of pyridine rings is 1. The SMILES string of the molecule is COC(=O)c1cc(NC2CCSC2)ncc1N. The van der Waals surface area contributed by atoms with Crippen LogP contribution in [0.1, 0.15) is 16.8 Å². The number of esters is 1. The van der Waals surface area contributed by atoms with Crippen molar-refractivity contribution in [3.05, 3.63) is 17.8 Å². The summed E-state index contributed by atoms with van der Waals surface area (Å²) in [6.45, 7) is 0. The number of aromatic nitrogens is 1. The number of nitrogen functional groups attached to an aromatic ring is 1. The van der Waals surface area contributed by atoms with Gasteiger partial charge in [-0.1, -0.05) is 0 Å². The molecule has 1 saturated heterocycles. The first kappa shape index (κ1) is 12.0. The molecule has 0 saturated carbocycles. The molecule has 0 bridgehead atoms. The summed E-state index contributed by atoms with van der Waals surface area (Å²) in [4.78, 5) is 15.6. The van der Waals surface area contributed by atoms with Gasteiger partial charge in [0.1, 0.15) is 5.82 Å². The van der Waals surface area contributed by atoms with E-state index in [2.05, 4.69) is 15.0 Å². The lowest BCUT2D eigenvalue weighted by Gasteiger charge is -2.13. The van der Waals surface area contributed by atoms with E-state index in [4.69, 9.17) is 5.73 Å². The van der Waals surface area contributed by atoms with Crippen molar-refractivity contribution in [2.45, 2.75) is 12.5 Å². The minimum atomic E-state index is -0.436. The fourth-order valence-corrected chi connectivity index (χ4v) is 2.84. The van der Waals surface area contributed by atoms with Crippen LogP contribution in [0.4, 0.5) is 11.5 Å². The molecule has 0 aromatic carbocycles. The molecule has 2 heterocycles. The van der Waals surface area contributed by atoms with Crippen molar-refractivity contribution in [3.8, 4) is 0 Å². The van der Waals surface area contributed by atoms with Gasteiger partial charge in [-0.3, -0.25) is 0 Å². The summed E-state index contributed by atoms with van der Waals surface area (Å²) in [5.74, 6) is 2.47. The standard InChI is InChI=1S/C11H15N3O2S/c1-16-11(15)8-4-10(13-5-9(8)12)14-7-2-3-17-6-7/h4-5,7H,2-3,6,12H2,1H3,(H,13,14). The molecule has 1 aromatic heterocycles. The number of anilines is 2. The van der Waals surface area contributed by atoms with Gasteiger partial charge >= 0.3 is 5.97 Å². The van der Waals surface area contributed by atoms with Crippen LogP contribution in [0.2, 0.25) is 0 Å². The molecule has 1 aromatic rings. The Kier molecular flexibility index (Phi) is 3.73. The topological polar surface area (TPSA) is 77.2 Å². The highest BCUT2D eigenvalue weighted by Crippen LogP contribution is 2.22. The molecular formula is C11H15N3O2S. The van der Waals surface area contributed by atoms with Gasteiger partial charge in [0.05, 0.1) is 24.6 Å². The quantitative estimate of drug-likeness (QED) is 0.792. The third kappa shape index (κ3) is 2.82. The van der Waals surface area contributed by atoms with E-state index in [-0.39, 0.29) is 0 Å². The van der Waals surface area contributed by atoms with Gasteiger partial charge in [-0.25, -0.2) is 9.78 Å². The maximum absolute atomic E-state index is 11.5. The van der Waals surface area contributed by atoms with Crippen LogP contribution in [0.15, 0.2) is 12.3 Å². The minimum Gasteiger partial charge on any atom is -0.465 e. The van der Waals surface area contributed by atoms with E-state index in [1.165, 1.54) is 13.3 Å². The first-order chi connectivity index (χ1) is 8.20. The van der Waals surface area contributed by atoms with Crippen molar-refractivity contribution in [2.24, 2.45) is 0 Å². The molecule has 1 aliphatic rings. The van der Waals surface area contributed by atoms with E-state index < -0.39 is 5.97 Å². The zero-order valence-electron chi connectivity index (χ0n) is 9.60. The number of nitrogens with two attached hydrogens (primary N) is 1. The maximum Gasteiger partial charge on any atom is 0.340 e. The lowest BCUT2D eigenvalue weighted by Crippen LogP contribution is -2.19. The highest BCUT2D eigenvalue weighted by atomic mass is 32.2. The highest BCUT2D eigenvalue weighted by molar-refractivity contribution is 7.99. The molecule has 1 aliphatic heterocycles. The van der Waals surface area contributed by atoms with Gasteiger partial charge < -0.3 is 15.8 Å². The van der Waals surface area contributed by atoms with Crippen molar-refractivity contribution >= 4 is 29.2 Å². The summed E-state index contributed by atoms with van der Waals surface area (Å²) in [5, 5.41) is 3.29. The van der Waals surface area contributed by atoms with E-state index in [1.807, 2.05) is 11.8 Å². The van der Waals surface area contributed by atoms with Gasteiger partial charge in [0.25, 0.3) is 0 Å². The Balaban J connectivity index is 2.15. The lowest BCUT2D eigenvalue weighted by molar-refractivity contribution is 0.0602. The number of thioether (sulfide) groups is 1. The molecule has 1 unspecified atom stereocenters. The maximum atomic E-state index is 11.5. The van der Waals surface area contributed by atoms with Crippen LogP contribution in [-0.2, 0) is 4.74 Å². The van der Waals surface area contributed by atoms with Crippen LogP contribution >= 0.6 is 11.8 Å². The van der Waals surface area contributed by atoms with Crippen molar-refractivity contribution in [1.82, 2.24) is 4.98 Å². The predicted octanol–water partition coefficient (Wildman–Crippen LogP) is 1.37. The van der Waals surface area contributed by atoms with Gasteiger partial charge in [0.2, 0.25) is 0 Å². The second-order valence-corrected chi connectivity index (χ2v) is 5.00. The lowest BCUT2D eigenvalue weighted by atomic mass is 10.2. The Hall–Kier alpha value is -1.43. The Morgan fingerprint density at radius 1 is 1.71 bits per heavy atom. The molecule has 3 N–H and O–H groups in total. The van der Waals surface area contributed by atoms with Crippen molar-refractivity contribution < 1.29 is 9.53 Å². The molecule has 5 nitrogen and oxygen atoms in total. The third-order valence-corrected chi connectivity index (χ3v) is 3.78. The predicted molar refractivity (Wildman–Crippen MR) is 69.3 cm³/mol. The van der Waals surface area contributed by atoms with Crippen LogP contribution in [-0.4, -0.2) is 35.6 Å². The van der Waals surface area contributed by atoms with Gasteiger partial charge in [0.15, 0.2) is 0 Å². The molecule has 6 heteroatoms. The smallest absolute Gasteiger partial charge is 0.340 e. The largest absolute Gasteiger partial charge is 0.465 e. The molecule has 2 rings (SSSR count). The number of carbonyl (C=O) groups is 1. The summed E-state index contributed by atoms with van der Waals surface area (Å²) in [6, 6.07) is 2.06. The van der Waals surface area contributed by atoms with Gasteiger partial charge in [-0.05, 0) is 18.2 Å². The molecule has 0 amide bonds. The average Bonchev–Trinajstić information content (AvgIpc) is 2.83. The van der Waals surface area contributed by atoms with Crippen LogP contribution in [0.5, 0.6) is 0 Å². The molecule has 0 spiro atoms. The molecule has 92 valence electrons. The van der Waals surface area contributed by atoms with Crippen LogP contribution in [0, 0.1) is 0 Å². The summed E-state index contributed by atoms with van der Waals surface area (Å²) in [7, 11) is 1.34. The summed E-state index contributed by atoms with van der Waals surface area (Å²) < 4.78 is 4.66. The van der Waals surface area contributed by atoms with Crippen LogP contribution in [0.3, 0.4) is 0 Å². The van der Waals surface area contributed by atoms with Crippen molar-refractivity contribution in [3.63, 3.8) is 0 Å². The number of hydrogen-bond acceptors (Lipinski definition) is 6. The van der Waals surface area contributed by atoms with Gasteiger partial charge in [0, 0.05) is 11.8 Å². The van der Waals surface area contributed by atoms with E-state index in [9.17, 15) is 4.79 Å². The van der Waals surface area contributed by atoms with E-state index in [0.29, 0.717) is 23.1 Å². The number of carbonyl (C=O) groups excluding carboxylic acids is 1. The fourth-order valence-electron chi connectivity index (χ4n) is 1.69. The molecule has 17 heavy (non-hydrogen) atoms. The fraction of sp³-hybridized carbons (Fsp3) is 0.455. The van der Waals surface area contributed by atoms with Crippen molar-refractivity contribution in [1.29, 1.82) is 0 Å². The summed E-state index contributed by atoms with van der Waals surface area (Å²) in [5.41, 5.74) is 6.37. The molecule has 1 atom stereocenters. The van der Waals surface area contributed by atoms with E-state index in [0.717, 1.165) is 17.9 Å². The normalized spacial score (nSPS) is 19.0. The minimum absolute atomic E-state index is 0.336. The zero-order chi connectivity index (χ0) is 12.3. The van der Waals surface area contributed by atoms with Gasteiger partial charge in [-0.2, -0.15) is 11.8 Å². The number of hydrogen-bond donors (Lipinski definition) is 2. The number of ether oxygens (including phenoxy) is 1. The van der Waals surface area contributed by atoms with Crippen molar-refractivity contribution in [2.75, 3.05) is 29.7 Å². The second-order valence-electron chi connectivity index (χ2n) is 3.85. The third-order valence-electron chi connectivity index (χ3n) is 2.62. The van der Waals surface area contributed by atoms with E-state index in [1.54, 1.807) is 6.07 Å². The Bertz CT molecular complexity index is 419. The first-order valence-electron chi connectivity index (χ1n) is 5.39.